The number of ether oxygens (including phenoxy) is 3. The molecule has 8 heteroatoms. The van der Waals surface area contributed by atoms with Gasteiger partial charge >= 0.3 is 5.97 Å². The second-order valence-electron chi connectivity index (χ2n) is 5.65. The fourth-order valence-corrected chi connectivity index (χ4v) is 2.51. The number of rotatable bonds is 7. The molecule has 1 heterocycles. The number of carbonyl (C=O) groups is 1. The number of nitrogens with zero attached hydrogens (tertiary/aromatic N) is 2. The first-order chi connectivity index (χ1) is 13.6. The minimum absolute atomic E-state index is 0.376. The van der Waals surface area contributed by atoms with Crippen LogP contribution in [0.1, 0.15) is 10.4 Å². The third kappa shape index (κ3) is 4.47. The van der Waals surface area contributed by atoms with Crippen molar-refractivity contribution in [1.82, 2.24) is 9.97 Å². The third-order valence-corrected chi connectivity index (χ3v) is 3.86. The average Bonchev–Trinajstić information content (AvgIpc) is 2.73. The average molecular weight is 380 g/mol. The lowest BCUT2D eigenvalue weighted by Gasteiger charge is -2.12. The minimum Gasteiger partial charge on any atom is -0.497 e. The van der Waals surface area contributed by atoms with Gasteiger partial charge in [0, 0.05) is 18.0 Å². The number of nitrogens with one attached hydrogen (secondary N) is 2. The van der Waals surface area contributed by atoms with Crippen molar-refractivity contribution in [2.45, 2.75) is 0 Å². The molecule has 0 spiro atoms. The van der Waals surface area contributed by atoms with Crippen LogP contribution in [0.4, 0.5) is 23.1 Å². The molecule has 0 radical (unpaired) electrons. The van der Waals surface area contributed by atoms with Crippen LogP contribution in [0.3, 0.4) is 0 Å². The van der Waals surface area contributed by atoms with Crippen molar-refractivity contribution in [3.05, 3.63) is 60.3 Å². The highest BCUT2D eigenvalue weighted by Gasteiger charge is 2.09. The summed E-state index contributed by atoms with van der Waals surface area (Å²) in [7, 11) is 4.52. The van der Waals surface area contributed by atoms with Gasteiger partial charge in [0.05, 0.1) is 32.6 Å². The highest BCUT2D eigenvalue weighted by molar-refractivity contribution is 5.90. The number of esters is 1. The van der Waals surface area contributed by atoms with Gasteiger partial charge in [-0.2, -0.15) is 4.98 Å². The molecule has 0 bridgehead atoms. The molecule has 0 saturated heterocycles. The summed E-state index contributed by atoms with van der Waals surface area (Å²) < 4.78 is 15.3. The molecule has 3 aromatic rings. The van der Waals surface area contributed by atoms with E-state index in [0.717, 1.165) is 0 Å². The molecule has 0 unspecified atom stereocenters. The van der Waals surface area contributed by atoms with Crippen LogP contribution in [0.25, 0.3) is 0 Å². The Labute approximate surface area is 162 Å². The topological polar surface area (TPSA) is 94.6 Å². The van der Waals surface area contributed by atoms with E-state index in [-0.39, 0.29) is 0 Å². The number of anilines is 4. The maximum atomic E-state index is 11.7. The molecule has 0 aliphatic carbocycles. The Morgan fingerprint density at radius 2 is 1.82 bits per heavy atom. The third-order valence-electron chi connectivity index (χ3n) is 3.86. The summed E-state index contributed by atoms with van der Waals surface area (Å²) >= 11 is 0. The summed E-state index contributed by atoms with van der Waals surface area (Å²) in [6.45, 7) is 0. The lowest BCUT2D eigenvalue weighted by molar-refractivity contribution is 0.0601. The van der Waals surface area contributed by atoms with Crippen molar-refractivity contribution in [2.75, 3.05) is 32.0 Å². The number of aromatic nitrogens is 2. The fourth-order valence-electron chi connectivity index (χ4n) is 2.51. The zero-order valence-corrected chi connectivity index (χ0v) is 15.7. The Morgan fingerprint density at radius 3 is 2.57 bits per heavy atom. The smallest absolute Gasteiger partial charge is 0.337 e. The first-order valence-electron chi connectivity index (χ1n) is 8.40. The molecular formula is C20H20N4O4. The van der Waals surface area contributed by atoms with Gasteiger partial charge in [-0.3, -0.25) is 0 Å². The highest BCUT2D eigenvalue weighted by Crippen LogP contribution is 2.30. The van der Waals surface area contributed by atoms with Gasteiger partial charge in [-0.15, -0.1) is 0 Å². The van der Waals surface area contributed by atoms with E-state index < -0.39 is 5.97 Å². The quantitative estimate of drug-likeness (QED) is 0.598. The van der Waals surface area contributed by atoms with Crippen LogP contribution >= 0.6 is 0 Å². The van der Waals surface area contributed by atoms with E-state index in [4.69, 9.17) is 14.2 Å². The zero-order chi connectivity index (χ0) is 19.9. The van der Waals surface area contributed by atoms with Crippen molar-refractivity contribution < 1.29 is 19.0 Å². The number of carbonyl (C=O) groups excluding carboxylic acids is 1. The Balaban J connectivity index is 1.81. The summed E-state index contributed by atoms with van der Waals surface area (Å²) in [6.07, 6.45) is 1.62. The van der Waals surface area contributed by atoms with Crippen LogP contribution in [0, 0.1) is 0 Å². The van der Waals surface area contributed by atoms with Gasteiger partial charge in [0.1, 0.15) is 17.3 Å². The van der Waals surface area contributed by atoms with Gasteiger partial charge in [-0.25, -0.2) is 9.78 Å². The summed E-state index contributed by atoms with van der Waals surface area (Å²) in [4.78, 5) is 20.4. The van der Waals surface area contributed by atoms with E-state index in [2.05, 4.69) is 20.6 Å². The Morgan fingerprint density at radius 1 is 0.964 bits per heavy atom. The predicted octanol–water partition coefficient (Wildman–Crippen LogP) is 3.77. The Bertz CT molecular complexity index is 978. The van der Waals surface area contributed by atoms with E-state index in [1.807, 2.05) is 6.07 Å². The van der Waals surface area contributed by atoms with Crippen molar-refractivity contribution >= 4 is 29.1 Å². The molecule has 0 amide bonds. The first kappa shape index (κ1) is 19.0. The van der Waals surface area contributed by atoms with Crippen molar-refractivity contribution in [3.8, 4) is 11.5 Å². The molecule has 2 aromatic carbocycles. The van der Waals surface area contributed by atoms with E-state index >= 15 is 0 Å². The minimum atomic E-state index is -0.404. The molecule has 0 saturated carbocycles. The SMILES string of the molecule is COC(=O)c1cccc(Nc2ccnc(Nc3cc(OC)ccc3OC)n2)c1. The summed E-state index contributed by atoms with van der Waals surface area (Å²) in [5, 5.41) is 6.27. The Hall–Kier alpha value is -3.81. The molecule has 3 rings (SSSR count). The van der Waals surface area contributed by atoms with Crippen LogP contribution in [-0.4, -0.2) is 37.3 Å². The molecule has 1 aromatic heterocycles. The van der Waals surface area contributed by atoms with Crippen LogP contribution in [0.15, 0.2) is 54.7 Å². The molecule has 2 N–H and O–H groups in total. The molecule has 0 aliphatic heterocycles. The molecular weight excluding hydrogens is 360 g/mol. The van der Waals surface area contributed by atoms with E-state index in [0.29, 0.717) is 40.2 Å². The number of benzene rings is 2. The van der Waals surface area contributed by atoms with Crippen molar-refractivity contribution in [3.63, 3.8) is 0 Å². The second kappa shape index (κ2) is 8.72. The molecule has 144 valence electrons. The first-order valence-corrected chi connectivity index (χ1v) is 8.40. The number of hydrogen-bond acceptors (Lipinski definition) is 8. The second-order valence-corrected chi connectivity index (χ2v) is 5.65. The maximum absolute atomic E-state index is 11.7. The normalized spacial score (nSPS) is 10.1. The standard InChI is InChI=1S/C20H20N4O4/c1-26-15-7-8-17(27-2)16(12-15)23-20-21-10-9-18(24-20)22-14-6-4-5-13(11-14)19(25)28-3/h4-12H,1-3H3,(H2,21,22,23,24). The van der Waals surface area contributed by atoms with Gasteiger partial charge in [0.15, 0.2) is 0 Å². The zero-order valence-electron chi connectivity index (χ0n) is 15.7. The Kier molecular flexibility index (Phi) is 5.91. The summed E-state index contributed by atoms with van der Waals surface area (Å²) in [5.41, 5.74) is 1.82. The predicted molar refractivity (Wildman–Crippen MR) is 106 cm³/mol. The van der Waals surface area contributed by atoms with Gasteiger partial charge in [-0.1, -0.05) is 6.07 Å². The van der Waals surface area contributed by atoms with Gasteiger partial charge in [0.25, 0.3) is 0 Å². The van der Waals surface area contributed by atoms with E-state index in [1.54, 1.807) is 62.9 Å². The summed E-state index contributed by atoms with van der Waals surface area (Å²) in [6, 6.07) is 14.1. The van der Waals surface area contributed by atoms with Gasteiger partial charge < -0.3 is 24.8 Å². The lowest BCUT2D eigenvalue weighted by atomic mass is 10.2. The highest BCUT2D eigenvalue weighted by atomic mass is 16.5. The van der Waals surface area contributed by atoms with Crippen molar-refractivity contribution in [1.29, 1.82) is 0 Å². The number of hydrogen-bond donors (Lipinski definition) is 2. The monoisotopic (exact) mass is 380 g/mol. The molecule has 8 nitrogen and oxygen atoms in total. The number of methoxy groups -OCH3 is 3. The van der Waals surface area contributed by atoms with Crippen LogP contribution < -0.4 is 20.1 Å². The van der Waals surface area contributed by atoms with Gasteiger partial charge in [0.2, 0.25) is 5.95 Å². The van der Waals surface area contributed by atoms with Crippen LogP contribution in [0.5, 0.6) is 11.5 Å². The lowest BCUT2D eigenvalue weighted by Crippen LogP contribution is -2.03. The van der Waals surface area contributed by atoms with Crippen LogP contribution in [0.2, 0.25) is 0 Å². The van der Waals surface area contributed by atoms with Crippen LogP contribution in [-0.2, 0) is 4.74 Å². The van der Waals surface area contributed by atoms with E-state index in [1.165, 1.54) is 7.11 Å². The van der Waals surface area contributed by atoms with Crippen molar-refractivity contribution in [2.24, 2.45) is 0 Å². The van der Waals surface area contributed by atoms with Gasteiger partial charge in [-0.05, 0) is 36.4 Å². The summed E-state index contributed by atoms with van der Waals surface area (Å²) in [5.74, 6) is 1.84. The molecule has 0 atom stereocenters. The molecule has 0 fully saturated rings. The van der Waals surface area contributed by atoms with E-state index in [9.17, 15) is 4.79 Å². The molecule has 28 heavy (non-hydrogen) atoms. The maximum Gasteiger partial charge on any atom is 0.337 e. The molecule has 0 aliphatic rings. The fraction of sp³-hybridized carbons (Fsp3) is 0.150. The largest absolute Gasteiger partial charge is 0.497 e.